The van der Waals surface area contributed by atoms with Gasteiger partial charge >= 0.3 is 0 Å². The summed E-state index contributed by atoms with van der Waals surface area (Å²) in [5, 5.41) is 0. The van der Waals surface area contributed by atoms with Gasteiger partial charge in [-0.25, -0.2) is 4.98 Å². The van der Waals surface area contributed by atoms with Crippen LogP contribution in [-0.4, -0.2) is 9.97 Å². The van der Waals surface area contributed by atoms with Crippen LogP contribution in [0, 0.1) is 0 Å². The first-order chi connectivity index (χ1) is 3.93. The van der Waals surface area contributed by atoms with Gasteiger partial charge in [-0.05, 0) is 0 Å². The van der Waals surface area contributed by atoms with Crippen LogP contribution in [0.3, 0.4) is 0 Å². The van der Waals surface area contributed by atoms with E-state index in [0.717, 1.165) is 5.69 Å². The molecule has 0 saturated carbocycles. The first-order valence-electron chi connectivity index (χ1n) is 2.14. The zero-order valence-corrected chi connectivity index (χ0v) is 4.85. The standard InChI is InChI=1S/C4H5ClN2O/c5-8-2-4-1-6-3-7-4/h1,3H,2H2,(H,6,7). The van der Waals surface area contributed by atoms with E-state index in [0.29, 0.717) is 6.61 Å². The smallest absolute Gasteiger partial charge is 0.110 e. The Balaban J connectivity index is 2.50. The molecular formula is C4H5ClN2O. The first kappa shape index (κ1) is 5.59. The van der Waals surface area contributed by atoms with E-state index in [9.17, 15) is 0 Å². The molecule has 1 aromatic rings. The summed E-state index contributed by atoms with van der Waals surface area (Å²) in [7, 11) is 0. The largest absolute Gasteiger partial charge is 0.347 e. The summed E-state index contributed by atoms with van der Waals surface area (Å²) < 4.78 is 4.29. The normalized spacial score (nSPS) is 9.62. The third-order valence-electron chi connectivity index (χ3n) is 0.765. The van der Waals surface area contributed by atoms with Crippen molar-refractivity contribution in [3.05, 3.63) is 18.2 Å². The molecule has 0 aromatic carbocycles. The summed E-state index contributed by atoms with van der Waals surface area (Å²) in [4.78, 5) is 6.56. The molecule has 0 bridgehead atoms. The van der Waals surface area contributed by atoms with Crippen LogP contribution in [0.15, 0.2) is 12.5 Å². The fourth-order valence-corrected chi connectivity index (χ4v) is 0.540. The van der Waals surface area contributed by atoms with Crippen molar-refractivity contribution >= 4 is 11.9 Å². The zero-order valence-electron chi connectivity index (χ0n) is 4.10. The van der Waals surface area contributed by atoms with Crippen LogP contribution >= 0.6 is 11.9 Å². The maximum absolute atomic E-state index is 4.95. The molecule has 0 spiro atoms. The van der Waals surface area contributed by atoms with Gasteiger partial charge in [0, 0.05) is 0 Å². The van der Waals surface area contributed by atoms with E-state index in [2.05, 4.69) is 14.3 Å². The van der Waals surface area contributed by atoms with Gasteiger partial charge in [-0.3, -0.25) is 4.29 Å². The van der Waals surface area contributed by atoms with E-state index in [1.807, 2.05) is 0 Å². The molecule has 3 nitrogen and oxygen atoms in total. The lowest BCUT2D eigenvalue weighted by atomic mass is 10.5. The molecule has 1 aromatic heterocycles. The highest BCUT2D eigenvalue weighted by molar-refractivity contribution is 6.07. The van der Waals surface area contributed by atoms with E-state index >= 15 is 0 Å². The Hall–Kier alpha value is -0.540. The first-order valence-corrected chi connectivity index (χ1v) is 2.45. The van der Waals surface area contributed by atoms with Crippen molar-refractivity contribution in [3.63, 3.8) is 0 Å². The maximum Gasteiger partial charge on any atom is 0.110 e. The summed E-state index contributed by atoms with van der Waals surface area (Å²) in [6.45, 7) is 0.377. The Morgan fingerprint density at radius 1 is 1.88 bits per heavy atom. The minimum atomic E-state index is 0.377. The Morgan fingerprint density at radius 2 is 2.75 bits per heavy atom. The SMILES string of the molecule is ClOCc1cnc[nH]1. The summed E-state index contributed by atoms with van der Waals surface area (Å²) in [6, 6.07) is 0. The highest BCUT2D eigenvalue weighted by Crippen LogP contribution is 1.94. The summed E-state index contributed by atoms with van der Waals surface area (Å²) in [5.41, 5.74) is 0.875. The predicted molar refractivity (Wildman–Crippen MR) is 29.2 cm³/mol. The molecule has 0 amide bonds. The molecule has 0 atom stereocenters. The predicted octanol–water partition coefficient (Wildman–Crippen LogP) is 1.08. The molecule has 0 unspecified atom stereocenters. The van der Waals surface area contributed by atoms with Crippen LogP contribution in [0.5, 0.6) is 0 Å². The van der Waals surface area contributed by atoms with Crippen molar-refractivity contribution in [2.24, 2.45) is 0 Å². The second-order valence-corrected chi connectivity index (χ2v) is 1.55. The topological polar surface area (TPSA) is 37.9 Å². The van der Waals surface area contributed by atoms with E-state index < -0.39 is 0 Å². The van der Waals surface area contributed by atoms with Gasteiger partial charge in [-0.15, -0.1) is 0 Å². The van der Waals surface area contributed by atoms with E-state index in [1.54, 1.807) is 12.5 Å². The van der Waals surface area contributed by atoms with Crippen molar-refractivity contribution in [1.29, 1.82) is 0 Å². The van der Waals surface area contributed by atoms with Gasteiger partial charge in [0.25, 0.3) is 0 Å². The number of imidazole rings is 1. The molecule has 44 valence electrons. The number of H-pyrrole nitrogens is 1. The minimum Gasteiger partial charge on any atom is -0.347 e. The van der Waals surface area contributed by atoms with Crippen LogP contribution in [0.25, 0.3) is 0 Å². The third kappa shape index (κ3) is 1.21. The Labute approximate surface area is 51.8 Å². The molecule has 0 radical (unpaired) electrons. The van der Waals surface area contributed by atoms with Crippen molar-refractivity contribution in [2.45, 2.75) is 6.61 Å². The number of hydrogen-bond donors (Lipinski definition) is 1. The van der Waals surface area contributed by atoms with E-state index in [-0.39, 0.29) is 0 Å². The fourth-order valence-electron chi connectivity index (χ4n) is 0.422. The zero-order chi connectivity index (χ0) is 5.82. The van der Waals surface area contributed by atoms with E-state index in [4.69, 9.17) is 11.9 Å². The maximum atomic E-state index is 4.95. The van der Waals surface area contributed by atoms with Crippen LogP contribution < -0.4 is 0 Å². The fraction of sp³-hybridized carbons (Fsp3) is 0.250. The molecule has 0 aliphatic rings. The summed E-state index contributed by atoms with van der Waals surface area (Å²) >= 11 is 4.95. The van der Waals surface area contributed by atoms with Gasteiger partial charge in [-0.1, -0.05) is 0 Å². The average molecular weight is 133 g/mol. The monoisotopic (exact) mass is 132 g/mol. The van der Waals surface area contributed by atoms with Crippen LogP contribution in [0.4, 0.5) is 0 Å². The molecule has 0 saturated heterocycles. The number of rotatable bonds is 2. The minimum absolute atomic E-state index is 0.377. The highest BCUT2D eigenvalue weighted by Gasteiger charge is 1.88. The Morgan fingerprint density at radius 3 is 3.25 bits per heavy atom. The van der Waals surface area contributed by atoms with Crippen molar-refractivity contribution < 1.29 is 4.29 Å². The van der Waals surface area contributed by atoms with Gasteiger partial charge in [0.1, 0.15) is 6.61 Å². The molecule has 0 aliphatic heterocycles. The number of nitrogens with zero attached hydrogens (tertiary/aromatic N) is 1. The van der Waals surface area contributed by atoms with Gasteiger partial charge in [-0.2, -0.15) is 0 Å². The second-order valence-electron chi connectivity index (χ2n) is 1.33. The molecule has 0 aliphatic carbocycles. The highest BCUT2D eigenvalue weighted by atomic mass is 35.5. The Kier molecular flexibility index (Phi) is 1.88. The quantitative estimate of drug-likeness (QED) is 0.654. The van der Waals surface area contributed by atoms with E-state index in [1.165, 1.54) is 0 Å². The average Bonchev–Trinajstić information content (AvgIpc) is 2.19. The van der Waals surface area contributed by atoms with Crippen LogP contribution in [0.1, 0.15) is 5.69 Å². The van der Waals surface area contributed by atoms with Gasteiger partial charge in [0.2, 0.25) is 0 Å². The molecule has 1 heterocycles. The molecule has 8 heavy (non-hydrogen) atoms. The van der Waals surface area contributed by atoms with Gasteiger partial charge in [0.15, 0.2) is 0 Å². The molecule has 1 N–H and O–H groups in total. The lowest BCUT2D eigenvalue weighted by molar-refractivity contribution is 0.336. The van der Waals surface area contributed by atoms with Gasteiger partial charge < -0.3 is 4.98 Å². The second kappa shape index (κ2) is 2.69. The molecular weight excluding hydrogens is 128 g/mol. The number of hydrogen-bond acceptors (Lipinski definition) is 2. The van der Waals surface area contributed by atoms with Crippen molar-refractivity contribution in [1.82, 2.24) is 9.97 Å². The van der Waals surface area contributed by atoms with Gasteiger partial charge in [0.05, 0.1) is 30.1 Å². The lowest BCUT2D eigenvalue weighted by Gasteiger charge is -1.85. The molecule has 1 rings (SSSR count). The molecule has 0 fully saturated rings. The van der Waals surface area contributed by atoms with Crippen LogP contribution in [-0.2, 0) is 10.9 Å². The van der Waals surface area contributed by atoms with Crippen molar-refractivity contribution in [2.75, 3.05) is 0 Å². The third-order valence-corrected chi connectivity index (χ3v) is 0.874. The van der Waals surface area contributed by atoms with Crippen molar-refractivity contribution in [3.8, 4) is 0 Å². The number of aromatic amines is 1. The number of aromatic nitrogens is 2. The number of halogens is 1. The molecule has 4 heteroatoms. The lowest BCUT2D eigenvalue weighted by Crippen LogP contribution is -1.80. The summed E-state index contributed by atoms with van der Waals surface area (Å²) in [6.07, 6.45) is 3.23. The summed E-state index contributed by atoms with van der Waals surface area (Å²) in [5.74, 6) is 0. The number of nitrogens with one attached hydrogen (secondary N) is 1. The Bertz CT molecular complexity index is 140. The van der Waals surface area contributed by atoms with Crippen LogP contribution in [0.2, 0.25) is 0 Å².